The van der Waals surface area contributed by atoms with E-state index >= 15 is 0 Å². The van der Waals surface area contributed by atoms with Crippen LogP contribution in [0, 0.1) is 0 Å². The molecular formula is C16H14N2O3. The Morgan fingerprint density at radius 2 is 1.90 bits per heavy atom. The molecule has 0 radical (unpaired) electrons. The number of para-hydroxylation sites is 1. The van der Waals surface area contributed by atoms with E-state index in [0.717, 1.165) is 5.39 Å². The van der Waals surface area contributed by atoms with Crippen LogP contribution >= 0.6 is 0 Å². The summed E-state index contributed by atoms with van der Waals surface area (Å²) in [5.41, 5.74) is -0.111. The number of carbonyl (C=O) groups excluding carboxylic acids is 1. The van der Waals surface area contributed by atoms with Gasteiger partial charge in [-0.05, 0) is 24.3 Å². The smallest absolute Gasteiger partial charge is 0.349 e. The van der Waals surface area contributed by atoms with Gasteiger partial charge < -0.3 is 14.3 Å². The van der Waals surface area contributed by atoms with Crippen LogP contribution < -0.4 is 10.9 Å². The van der Waals surface area contributed by atoms with E-state index in [-0.39, 0.29) is 5.56 Å². The number of aromatic nitrogens is 1. The molecule has 1 aromatic carbocycles. The number of carbonyl (C=O) groups is 1. The predicted molar refractivity (Wildman–Crippen MR) is 79.2 cm³/mol. The molecule has 0 unspecified atom stereocenters. The molecule has 3 rings (SSSR count). The zero-order valence-electron chi connectivity index (χ0n) is 11.3. The SMILES string of the molecule is O=C(NCCn1cccc1)c1cc2ccccc2oc1=O. The van der Waals surface area contributed by atoms with Crippen LogP contribution in [0.25, 0.3) is 11.0 Å². The van der Waals surface area contributed by atoms with Crippen LogP contribution in [0.5, 0.6) is 0 Å². The van der Waals surface area contributed by atoms with Crippen molar-refractivity contribution in [1.82, 2.24) is 9.88 Å². The van der Waals surface area contributed by atoms with Crippen LogP contribution in [-0.2, 0) is 6.54 Å². The lowest BCUT2D eigenvalue weighted by Crippen LogP contribution is -2.30. The molecule has 0 aliphatic carbocycles. The molecule has 106 valence electrons. The van der Waals surface area contributed by atoms with Gasteiger partial charge >= 0.3 is 5.63 Å². The lowest BCUT2D eigenvalue weighted by Gasteiger charge is -2.06. The topological polar surface area (TPSA) is 64.2 Å². The van der Waals surface area contributed by atoms with Crippen molar-refractivity contribution in [3.05, 3.63) is 70.8 Å². The second kappa shape index (κ2) is 5.66. The first-order chi connectivity index (χ1) is 10.2. The quantitative estimate of drug-likeness (QED) is 0.745. The lowest BCUT2D eigenvalue weighted by molar-refractivity contribution is 0.0949. The maximum atomic E-state index is 12.1. The van der Waals surface area contributed by atoms with Gasteiger partial charge in [0.2, 0.25) is 0 Å². The van der Waals surface area contributed by atoms with Crippen molar-refractivity contribution in [1.29, 1.82) is 0 Å². The summed E-state index contributed by atoms with van der Waals surface area (Å²) in [7, 11) is 0. The first-order valence-electron chi connectivity index (χ1n) is 6.66. The standard InChI is InChI=1S/C16H14N2O3/c19-15(17-7-10-18-8-3-4-9-18)13-11-12-5-1-2-6-14(12)21-16(13)20/h1-6,8-9,11H,7,10H2,(H,17,19). The van der Waals surface area contributed by atoms with Gasteiger partial charge in [0, 0.05) is 30.9 Å². The van der Waals surface area contributed by atoms with Crippen molar-refractivity contribution in [2.45, 2.75) is 6.54 Å². The molecule has 0 atom stereocenters. The van der Waals surface area contributed by atoms with Gasteiger partial charge in [0.05, 0.1) is 0 Å². The van der Waals surface area contributed by atoms with Crippen LogP contribution in [0.3, 0.4) is 0 Å². The van der Waals surface area contributed by atoms with Gasteiger partial charge in [-0.3, -0.25) is 4.79 Å². The molecule has 1 N–H and O–H groups in total. The van der Waals surface area contributed by atoms with Gasteiger partial charge in [-0.15, -0.1) is 0 Å². The summed E-state index contributed by atoms with van der Waals surface area (Å²) in [6.07, 6.45) is 3.83. The van der Waals surface area contributed by atoms with Crippen LogP contribution in [0.4, 0.5) is 0 Å². The third-order valence-electron chi connectivity index (χ3n) is 3.21. The molecule has 0 saturated heterocycles. The first-order valence-corrected chi connectivity index (χ1v) is 6.66. The van der Waals surface area contributed by atoms with Crippen molar-refractivity contribution >= 4 is 16.9 Å². The Bertz CT molecular complexity index is 819. The molecule has 5 heteroatoms. The number of fused-ring (bicyclic) bond motifs is 1. The van der Waals surface area contributed by atoms with E-state index in [1.165, 1.54) is 0 Å². The Kier molecular flexibility index (Phi) is 3.55. The highest BCUT2D eigenvalue weighted by Crippen LogP contribution is 2.12. The largest absolute Gasteiger partial charge is 0.422 e. The third-order valence-corrected chi connectivity index (χ3v) is 3.21. The van der Waals surface area contributed by atoms with E-state index in [2.05, 4.69) is 5.32 Å². The molecule has 0 bridgehead atoms. The number of benzene rings is 1. The molecule has 3 aromatic rings. The van der Waals surface area contributed by atoms with Crippen LogP contribution in [0.15, 0.2) is 64.1 Å². The monoisotopic (exact) mass is 282 g/mol. The van der Waals surface area contributed by atoms with Gasteiger partial charge in [-0.1, -0.05) is 18.2 Å². The predicted octanol–water partition coefficient (Wildman–Crippen LogP) is 2.02. The van der Waals surface area contributed by atoms with Crippen LogP contribution in [0.2, 0.25) is 0 Å². The molecule has 5 nitrogen and oxygen atoms in total. The number of rotatable bonds is 4. The van der Waals surface area contributed by atoms with Crippen molar-refractivity contribution in [3.63, 3.8) is 0 Å². The summed E-state index contributed by atoms with van der Waals surface area (Å²) in [6, 6.07) is 12.5. The normalized spacial score (nSPS) is 10.7. The Morgan fingerprint density at radius 1 is 1.14 bits per heavy atom. The second-order valence-electron chi connectivity index (χ2n) is 4.66. The molecule has 21 heavy (non-hydrogen) atoms. The highest BCUT2D eigenvalue weighted by Gasteiger charge is 2.12. The summed E-state index contributed by atoms with van der Waals surface area (Å²) in [5, 5.41) is 3.45. The van der Waals surface area contributed by atoms with Crippen molar-refractivity contribution < 1.29 is 9.21 Å². The molecule has 0 aliphatic rings. The van der Waals surface area contributed by atoms with Gasteiger partial charge in [-0.25, -0.2) is 4.79 Å². The molecule has 0 aliphatic heterocycles. The number of nitrogens with one attached hydrogen (secondary N) is 1. The van der Waals surface area contributed by atoms with Crippen LogP contribution in [0.1, 0.15) is 10.4 Å². The van der Waals surface area contributed by atoms with Gasteiger partial charge in [0.1, 0.15) is 11.1 Å². The fourth-order valence-corrected chi connectivity index (χ4v) is 2.13. The summed E-state index contributed by atoms with van der Waals surface area (Å²) in [6.45, 7) is 1.09. The Hall–Kier alpha value is -2.82. The number of hydrogen-bond acceptors (Lipinski definition) is 3. The number of hydrogen-bond donors (Lipinski definition) is 1. The fraction of sp³-hybridized carbons (Fsp3) is 0.125. The van der Waals surface area contributed by atoms with E-state index < -0.39 is 11.5 Å². The zero-order chi connectivity index (χ0) is 14.7. The zero-order valence-corrected chi connectivity index (χ0v) is 11.3. The molecule has 2 aromatic heterocycles. The first kappa shape index (κ1) is 13.2. The maximum Gasteiger partial charge on any atom is 0.349 e. The van der Waals surface area contributed by atoms with E-state index in [9.17, 15) is 9.59 Å². The maximum absolute atomic E-state index is 12.1. The van der Waals surface area contributed by atoms with Gasteiger partial charge in [0.25, 0.3) is 5.91 Å². The molecule has 0 saturated carbocycles. The number of nitrogens with zero attached hydrogens (tertiary/aromatic N) is 1. The van der Waals surface area contributed by atoms with E-state index in [0.29, 0.717) is 18.7 Å². The second-order valence-corrected chi connectivity index (χ2v) is 4.66. The Labute approximate surface area is 120 Å². The average Bonchev–Trinajstić information content (AvgIpc) is 2.99. The van der Waals surface area contributed by atoms with E-state index in [4.69, 9.17) is 4.42 Å². The fourth-order valence-electron chi connectivity index (χ4n) is 2.13. The minimum atomic E-state index is -0.618. The Balaban J connectivity index is 1.75. The molecule has 1 amide bonds. The van der Waals surface area contributed by atoms with Gasteiger partial charge in [-0.2, -0.15) is 0 Å². The summed E-state index contributed by atoms with van der Waals surface area (Å²) < 4.78 is 7.09. The van der Waals surface area contributed by atoms with Crippen molar-refractivity contribution in [2.75, 3.05) is 6.54 Å². The molecule has 2 heterocycles. The minimum absolute atomic E-state index is 0.0289. The van der Waals surface area contributed by atoms with Crippen LogP contribution in [-0.4, -0.2) is 17.0 Å². The molecular weight excluding hydrogens is 268 g/mol. The van der Waals surface area contributed by atoms with Crippen molar-refractivity contribution in [2.24, 2.45) is 0 Å². The van der Waals surface area contributed by atoms with E-state index in [1.54, 1.807) is 24.3 Å². The summed E-state index contributed by atoms with van der Waals surface area (Å²) in [4.78, 5) is 23.9. The third kappa shape index (κ3) is 2.86. The highest BCUT2D eigenvalue weighted by molar-refractivity contribution is 5.96. The number of amides is 1. The summed E-state index contributed by atoms with van der Waals surface area (Å²) in [5.74, 6) is -0.415. The van der Waals surface area contributed by atoms with E-state index in [1.807, 2.05) is 35.2 Å². The Morgan fingerprint density at radius 3 is 2.71 bits per heavy atom. The molecule has 0 fully saturated rings. The minimum Gasteiger partial charge on any atom is -0.422 e. The highest BCUT2D eigenvalue weighted by atomic mass is 16.4. The van der Waals surface area contributed by atoms with Crippen molar-refractivity contribution in [3.8, 4) is 0 Å². The summed E-state index contributed by atoms with van der Waals surface area (Å²) >= 11 is 0. The average molecular weight is 282 g/mol. The lowest BCUT2D eigenvalue weighted by atomic mass is 10.2. The van der Waals surface area contributed by atoms with Gasteiger partial charge in [0.15, 0.2) is 0 Å². The molecule has 0 spiro atoms.